The van der Waals surface area contributed by atoms with E-state index in [1.165, 1.54) is 27.7 Å². The number of carbonyl (C=O) groups excluding carboxylic acids is 1. The second kappa shape index (κ2) is 7.74. The van der Waals surface area contributed by atoms with Crippen molar-refractivity contribution < 1.29 is 4.79 Å². The molecule has 6 nitrogen and oxygen atoms in total. The molecule has 4 rings (SSSR count). The van der Waals surface area contributed by atoms with Crippen molar-refractivity contribution in [2.45, 2.75) is 20.0 Å². The number of fused-ring (bicyclic) bond motifs is 1. The van der Waals surface area contributed by atoms with E-state index in [0.717, 1.165) is 5.56 Å². The molecule has 0 spiro atoms. The van der Waals surface area contributed by atoms with E-state index >= 15 is 0 Å². The lowest BCUT2D eigenvalue weighted by molar-refractivity contribution is -0.118. The summed E-state index contributed by atoms with van der Waals surface area (Å²) in [6, 6.07) is 15.5. The summed E-state index contributed by atoms with van der Waals surface area (Å²) in [5, 5.41) is 1.90. The smallest absolute Gasteiger partial charge is 0.269 e. The number of aromatic nitrogens is 3. The van der Waals surface area contributed by atoms with Crippen molar-refractivity contribution in [2.24, 2.45) is 4.99 Å². The first-order chi connectivity index (χ1) is 13.6. The summed E-state index contributed by atoms with van der Waals surface area (Å²) in [6.07, 6.45) is 3.14. The van der Waals surface area contributed by atoms with Crippen molar-refractivity contribution in [1.29, 1.82) is 0 Å². The molecule has 0 saturated heterocycles. The molecule has 0 aliphatic carbocycles. The van der Waals surface area contributed by atoms with Crippen LogP contribution in [0.15, 0.2) is 76.1 Å². The van der Waals surface area contributed by atoms with E-state index in [-0.39, 0.29) is 18.0 Å². The van der Waals surface area contributed by atoms with E-state index in [1.54, 1.807) is 6.07 Å². The van der Waals surface area contributed by atoms with Gasteiger partial charge in [0, 0.05) is 18.1 Å². The Hall–Kier alpha value is -3.32. The number of hydrogen-bond donors (Lipinski definition) is 0. The normalized spacial score (nSPS) is 11.8. The Kier molecular flexibility index (Phi) is 4.99. The molecule has 0 aliphatic rings. The zero-order chi connectivity index (χ0) is 19.5. The molecule has 4 aromatic rings. The Labute approximate surface area is 165 Å². The van der Waals surface area contributed by atoms with Crippen LogP contribution < -0.4 is 10.4 Å². The molecule has 0 aliphatic heterocycles. The van der Waals surface area contributed by atoms with Crippen molar-refractivity contribution in [3.05, 3.63) is 92.6 Å². The molecule has 0 unspecified atom stereocenters. The molecule has 0 saturated carbocycles. The summed E-state index contributed by atoms with van der Waals surface area (Å²) in [4.78, 5) is 33.7. The average Bonchev–Trinajstić information content (AvgIpc) is 3.12. The van der Waals surface area contributed by atoms with Gasteiger partial charge in [0.15, 0.2) is 4.80 Å². The van der Waals surface area contributed by atoms with Crippen LogP contribution in [-0.2, 0) is 17.9 Å². The quantitative estimate of drug-likeness (QED) is 0.538. The summed E-state index contributed by atoms with van der Waals surface area (Å²) in [6.45, 7) is 2.56. The van der Waals surface area contributed by atoms with E-state index < -0.39 is 0 Å². The molecular weight excluding hydrogens is 372 g/mol. The Balaban J connectivity index is 1.62. The first kappa shape index (κ1) is 18.1. The van der Waals surface area contributed by atoms with Gasteiger partial charge in [-0.05, 0) is 24.6 Å². The molecule has 0 radical (unpaired) electrons. The number of hydrogen-bond acceptors (Lipinski definition) is 4. The number of nitrogens with zero attached hydrogens (tertiary/aromatic N) is 4. The molecule has 0 fully saturated rings. The van der Waals surface area contributed by atoms with Crippen molar-refractivity contribution in [2.75, 3.05) is 0 Å². The van der Waals surface area contributed by atoms with Crippen molar-refractivity contribution >= 4 is 28.3 Å². The highest BCUT2D eigenvalue weighted by Crippen LogP contribution is 2.08. The van der Waals surface area contributed by atoms with Gasteiger partial charge in [-0.1, -0.05) is 42.0 Å². The highest BCUT2D eigenvalue weighted by atomic mass is 32.1. The van der Waals surface area contributed by atoms with Crippen LogP contribution in [0.3, 0.4) is 0 Å². The van der Waals surface area contributed by atoms with E-state index in [1.807, 2.05) is 41.3 Å². The van der Waals surface area contributed by atoms with Crippen LogP contribution in [0.1, 0.15) is 11.1 Å². The van der Waals surface area contributed by atoms with Crippen molar-refractivity contribution in [1.82, 2.24) is 14.1 Å². The Morgan fingerprint density at radius 1 is 1.14 bits per heavy atom. The lowest BCUT2D eigenvalue weighted by atomic mass is 10.1. The van der Waals surface area contributed by atoms with E-state index in [4.69, 9.17) is 0 Å². The fraction of sp³-hybridized carbons (Fsp3) is 0.143. The van der Waals surface area contributed by atoms with Gasteiger partial charge in [-0.2, -0.15) is 4.99 Å². The molecule has 28 heavy (non-hydrogen) atoms. The third-order valence-corrected chi connectivity index (χ3v) is 5.19. The fourth-order valence-corrected chi connectivity index (χ4v) is 3.70. The maximum Gasteiger partial charge on any atom is 0.269 e. The van der Waals surface area contributed by atoms with Crippen molar-refractivity contribution in [3.63, 3.8) is 0 Å². The van der Waals surface area contributed by atoms with Crippen LogP contribution in [0.25, 0.3) is 11.0 Å². The topological polar surface area (TPSA) is 69.2 Å². The van der Waals surface area contributed by atoms with Gasteiger partial charge in [-0.3, -0.25) is 14.2 Å². The number of benzene rings is 2. The molecule has 7 heteroatoms. The first-order valence-electron chi connectivity index (χ1n) is 8.82. The third-order valence-electron chi connectivity index (χ3n) is 4.40. The van der Waals surface area contributed by atoms with E-state index in [2.05, 4.69) is 34.2 Å². The van der Waals surface area contributed by atoms with Gasteiger partial charge in [-0.25, -0.2) is 4.98 Å². The number of rotatable bonds is 4. The van der Waals surface area contributed by atoms with Crippen LogP contribution >= 0.6 is 11.3 Å². The average molecular weight is 390 g/mol. The van der Waals surface area contributed by atoms with Gasteiger partial charge in [0.05, 0.1) is 17.2 Å². The second-order valence-electron chi connectivity index (χ2n) is 6.48. The van der Waals surface area contributed by atoms with Gasteiger partial charge in [0.25, 0.3) is 11.5 Å². The molecule has 0 bridgehead atoms. The zero-order valence-electron chi connectivity index (χ0n) is 15.3. The molecule has 2 heterocycles. The van der Waals surface area contributed by atoms with Crippen LogP contribution in [0.5, 0.6) is 0 Å². The Bertz CT molecular complexity index is 1270. The lowest BCUT2D eigenvalue weighted by Crippen LogP contribution is -2.25. The maximum absolute atomic E-state index is 12.6. The summed E-state index contributed by atoms with van der Waals surface area (Å²) < 4.78 is 3.34. The SMILES string of the molecule is Cc1ccc(Cn2ccsc2=NC(=O)Cn2c(=O)cnc3ccccc32)cc1. The molecular formula is C21H18N4O2S. The van der Waals surface area contributed by atoms with Crippen molar-refractivity contribution in [3.8, 4) is 0 Å². The predicted octanol–water partition coefficient (Wildman–Crippen LogP) is 2.74. The number of para-hydroxylation sites is 2. The van der Waals surface area contributed by atoms with E-state index in [0.29, 0.717) is 22.4 Å². The van der Waals surface area contributed by atoms with Crippen LogP contribution in [0, 0.1) is 6.92 Å². The molecule has 2 aromatic heterocycles. The molecule has 140 valence electrons. The van der Waals surface area contributed by atoms with Gasteiger partial charge in [0.1, 0.15) is 6.54 Å². The highest BCUT2D eigenvalue weighted by molar-refractivity contribution is 7.07. The minimum Gasteiger partial charge on any atom is -0.319 e. The summed E-state index contributed by atoms with van der Waals surface area (Å²) in [5.41, 5.74) is 3.31. The zero-order valence-corrected chi connectivity index (χ0v) is 16.1. The summed E-state index contributed by atoms with van der Waals surface area (Å²) in [7, 11) is 0. The van der Waals surface area contributed by atoms with Crippen LogP contribution in [-0.4, -0.2) is 20.0 Å². The molecule has 2 aromatic carbocycles. The standard InChI is InChI=1S/C21H18N4O2S/c1-15-6-8-16(9-7-15)13-24-10-11-28-21(24)23-19(26)14-25-18-5-3-2-4-17(18)22-12-20(25)27/h2-12H,13-14H2,1H3. The minimum absolute atomic E-state index is 0.121. The number of carbonyl (C=O) groups is 1. The van der Waals surface area contributed by atoms with Gasteiger partial charge in [-0.15, -0.1) is 11.3 Å². The predicted molar refractivity (Wildman–Crippen MR) is 109 cm³/mol. The lowest BCUT2D eigenvalue weighted by Gasteiger charge is -2.07. The van der Waals surface area contributed by atoms with Crippen LogP contribution in [0.4, 0.5) is 0 Å². The molecule has 0 atom stereocenters. The summed E-state index contributed by atoms with van der Waals surface area (Å²) >= 11 is 1.39. The molecule has 1 amide bonds. The highest BCUT2D eigenvalue weighted by Gasteiger charge is 2.09. The fourth-order valence-electron chi connectivity index (χ4n) is 2.95. The van der Waals surface area contributed by atoms with Gasteiger partial charge < -0.3 is 4.57 Å². The summed E-state index contributed by atoms with van der Waals surface area (Å²) in [5.74, 6) is -0.376. The first-order valence-corrected chi connectivity index (χ1v) is 9.70. The number of thiazole rings is 1. The maximum atomic E-state index is 12.6. The van der Waals surface area contributed by atoms with Gasteiger partial charge in [0.2, 0.25) is 0 Å². The Morgan fingerprint density at radius 2 is 1.93 bits per heavy atom. The third kappa shape index (κ3) is 3.84. The number of amides is 1. The van der Waals surface area contributed by atoms with Crippen LogP contribution in [0.2, 0.25) is 0 Å². The van der Waals surface area contributed by atoms with E-state index in [9.17, 15) is 9.59 Å². The number of aryl methyl sites for hydroxylation is 1. The minimum atomic E-state index is -0.376. The second-order valence-corrected chi connectivity index (χ2v) is 7.35. The Morgan fingerprint density at radius 3 is 2.75 bits per heavy atom. The monoisotopic (exact) mass is 390 g/mol. The molecule has 0 N–H and O–H groups in total. The van der Waals surface area contributed by atoms with Gasteiger partial charge >= 0.3 is 0 Å². The largest absolute Gasteiger partial charge is 0.319 e.